The Morgan fingerprint density at radius 3 is 2.88 bits per heavy atom. The van der Waals surface area contributed by atoms with Crippen LogP contribution in [0.25, 0.3) is 0 Å². The Kier molecular flexibility index (Phi) is 5.45. The van der Waals surface area contributed by atoms with Gasteiger partial charge >= 0.3 is 0 Å². The number of nitrogens with one attached hydrogen (secondary N) is 1. The summed E-state index contributed by atoms with van der Waals surface area (Å²) >= 11 is 0. The highest BCUT2D eigenvalue weighted by molar-refractivity contribution is 4.95. The van der Waals surface area contributed by atoms with E-state index in [2.05, 4.69) is 26.8 Å². The van der Waals surface area contributed by atoms with Gasteiger partial charge in [0, 0.05) is 37.9 Å². The molecule has 0 aliphatic carbocycles. The zero-order chi connectivity index (χ0) is 12.0. The summed E-state index contributed by atoms with van der Waals surface area (Å²) < 4.78 is 2.19. The second kappa shape index (κ2) is 6.62. The fourth-order valence-electron chi connectivity index (χ4n) is 1.81. The average molecular weight is 225 g/mol. The Balaban J connectivity index is 2.58. The van der Waals surface area contributed by atoms with Crippen LogP contribution in [0.15, 0.2) is 12.4 Å². The molecule has 1 heterocycles. The number of imidazole rings is 1. The molecule has 1 rings (SSSR count). The lowest BCUT2D eigenvalue weighted by Gasteiger charge is -2.20. The molecule has 0 spiro atoms. The maximum Gasteiger partial charge on any atom is 0.110 e. The highest BCUT2D eigenvalue weighted by atomic mass is 15.3. The molecular formula is C11H23N5. The highest BCUT2D eigenvalue weighted by Crippen LogP contribution is 2.03. The van der Waals surface area contributed by atoms with Gasteiger partial charge in [0.25, 0.3) is 0 Å². The van der Waals surface area contributed by atoms with E-state index in [1.807, 2.05) is 26.5 Å². The molecule has 0 radical (unpaired) electrons. The highest BCUT2D eigenvalue weighted by Gasteiger charge is 2.12. The molecule has 0 saturated carbocycles. The van der Waals surface area contributed by atoms with Gasteiger partial charge in [-0.2, -0.15) is 0 Å². The largest absolute Gasteiger partial charge is 0.335 e. The van der Waals surface area contributed by atoms with Crippen molar-refractivity contribution >= 4 is 0 Å². The van der Waals surface area contributed by atoms with Gasteiger partial charge in [-0.05, 0) is 20.5 Å². The molecule has 5 nitrogen and oxygen atoms in total. The standard InChI is InChI=1S/C11H23N5/c1-4-6-16-7-5-13-11(16)8-10(14-12)9-15(2)3/h5,7,10,14H,4,6,8-9,12H2,1-3H3. The Morgan fingerprint density at radius 2 is 2.31 bits per heavy atom. The predicted molar refractivity (Wildman–Crippen MR) is 65.9 cm³/mol. The second-order valence-corrected chi connectivity index (χ2v) is 4.37. The number of nitrogens with two attached hydrogens (primary N) is 1. The summed E-state index contributed by atoms with van der Waals surface area (Å²) in [5.74, 6) is 6.65. The van der Waals surface area contributed by atoms with Crippen LogP contribution >= 0.6 is 0 Å². The van der Waals surface area contributed by atoms with Crippen LogP contribution in [0.4, 0.5) is 0 Å². The van der Waals surface area contributed by atoms with E-state index in [1.165, 1.54) is 0 Å². The van der Waals surface area contributed by atoms with Crippen molar-refractivity contribution in [2.75, 3.05) is 20.6 Å². The van der Waals surface area contributed by atoms with Crippen molar-refractivity contribution in [1.82, 2.24) is 19.9 Å². The number of hydrogen-bond acceptors (Lipinski definition) is 4. The maximum atomic E-state index is 5.55. The zero-order valence-corrected chi connectivity index (χ0v) is 10.5. The van der Waals surface area contributed by atoms with Crippen molar-refractivity contribution in [2.24, 2.45) is 5.84 Å². The van der Waals surface area contributed by atoms with Gasteiger partial charge in [0.05, 0.1) is 0 Å². The van der Waals surface area contributed by atoms with Crippen LogP contribution < -0.4 is 11.3 Å². The minimum Gasteiger partial charge on any atom is -0.335 e. The van der Waals surface area contributed by atoms with Crippen LogP contribution in [-0.4, -0.2) is 41.1 Å². The van der Waals surface area contributed by atoms with E-state index >= 15 is 0 Å². The smallest absolute Gasteiger partial charge is 0.110 e. The van der Waals surface area contributed by atoms with Crippen LogP contribution in [0.5, 0.6) is 0 Å². The summed E-state index contributed by atoms with van der Waals surface area (Å²) in [7, 11) is 4.09. The van der Waals surface area contributed by atoms with E-state index in [0.29, 0.717) is 0 Å². The molecule has 0 saturated heterocycles. The molecule has 0 amide bonds. The van der Waals surface area contributed by atoms with Crippen molar-refractivity contribution in [3.05, 3.63) is 18.2 Å². The summed E-state index contributed by atoms with van der Waals surface area (Å²) in [5.41, 5.74) is 2.85. The van der Waals surface area contributed by atoms with E-state index in [-0.39, 0.29) is 6.04 Å². The molecule has 0 aromatic carbocycles. The van der Waals surface area contributed by atoms with Crippen molar-refractivity contribution in [3.63, 3.8) is 0 Å². The molecule has 92 valence electrons. The van der Waals surface area contributed by atoms with Crippen molar-refractivity contribution in [2.45, 2.75) is 32.4 Å². The molecule has 0 aliphatic rings. The molecule has 1 atom stereocenters. The summed E-state index contributed by atoms with van der Waals surface area (Å²) in [5, 5.41) is 0. The fraction of sp³-hybridized carbons (Fsp3) is 0.727. The van der Waals surface area contributed by atoms with Gasteiger partial charge < -0.3 is 9.47 Å². The summed E-state index contributed by atoms with van der Waals surface area (Å²) in [6, 6.07) is 0.244. The molecule has 1 unspecified atom stereocenters. The topological polar surface area (TPSA) is 59.1 Å². The van der Waals surface area contributed by atoms with Crippen LogP contribution in [0, 0.1) is 0 Å². The Labute approximate surface area is 97.6 Å². The van der Waals surface area contributed by atoms with E-state index in [0.717, 1.165) is 31.8 Å². The third-order valence-corrected chi connectivity index (χ3v) is 2.52. The van der Waals surface area contributed by atoms with Gasteiger partial charge in [-0.25, -0.2) is 4.98 Å². The first-order valence-corrected chi connectivity index (χ1v) is 5.78. The molecule has 1 aromatic rings. The molecule has 0 fully saturated rings. The SMILES string of the molecule is CCCn1ccnc1CC(CN(C)C)NN. The lowest BCUT2D eigenvalue weighted by atomic mass is 10.2. The summed E-state index contributed by atoms with van der Waals surface area (Å²) in [6.45, 7) is 4.10. The molecule has 3 N–H and O–H groups in total. The van der Waals surface area contributed by atoms with E-state index in [9.17, 15) is 0 Å². The van der Waals surface area contributed by atoms with E-state index in [1.54, 1.807) is 0 Å². The van der Waals surface area contributed by atoms with Crippen molar-refractivity contribution < 1.29 is 0 Å². The Hall–Kier alpha value is -0.910. The molecule has 0 aliphatic heterocycles. The Bertz CT molecular complexity index is 294. The quantitative estimate of drug-likeness (QED) is 0.515. The van der Waals surface area contributed by atoms with Gasteiger partial charge in [0.1, 0.15) is 5.82 Å². The average Bonchev–Trinajstić information content (AvgIpc) is 2.65. The number of aryl methyl sites for hydroxylation is 1. The van der Waals surface area contributed by atoms with Crippen LogP contribution in [0.1, 0.15) is 19.2 Å². The summed E-state index contributed by atoms with van der Waals surface area (Å²) in [6.07, 6.45) is 5.87. The second-order valence-electron chi connectivity index (χ2n) is 4.37. The third kappa shape index (κ3) is 3.92. The Morgan fingerprint density at radius 1 is 1.56 bits per heavy atom. The fourth-order valence-corrected chi connectivity index (χ4v) is 1.81. The third-order valence-electron chi connectivity index (χ3n) is 2.52. The van der Waals surface area contributed by atoms with Crippen molar-refractivity contribution in [3.8, 4) is 0 Å². The summed E-state index contributed by atoms with van der Waals surface area (Å²) in [4.78, 5) is 6.50. The first-order valence-electron chi connectivity index (χ1n) is 5.78. The van der Waals surface area contributed by atoms with E-state index in [4.69, 9.17) is 5.84 Å². The first-order chi connectivity index (χ1) is 7.67. The maximum absolute atomic E-state index is 5.55. The normalized spacial score (nSPS) is 13.3. The molecule has 0 bridgehead atoms. The van der Waals surface area contributed by atoms with Gasteiger partial charge in [-0.1, -0.05) is 6.92 Å². The number of hydrazine groups is 1. The predicted octanol–water partition coefficient (Wildman–Crippen LogP) is 0.229. The van der Waals surface area contributed by atoms with E-state index < -0.39 is 0 Å². The number of rotatable bonds is 7. The minimum absolute atomic E-state index is 0.244. The van der Waals surface area contributed by atoms with Crippen LogP contribution in [0.2, 0.25) is 0 Å². The van der Waals surface area contributed by atoms with Gasteiger partial charge in [-0.15, -0.1) is 0 Å². The van der Waals surface area contributed by atoms with Crippen molar-refractivity contribution in [1.29, 1.82) is 0 Å². The minimum atomic E-state index is 0.244. The molecular weight excluding hydrogens is 202 g/mol. The van der Waals surface area contributed by atoms with Crippen LogP contribution in [-0.2, 0) is 13.0 Å². The number of hydrogen-bond donors (Lipinski definition) is 2. The zero-order valence-electron chi connectivity index (χ0n) is 10.5. The number of nitrogens with zero attached hydrogens (tertiary/aromatic N) is 3. The monoisotopic (exact) mass is 225 g/mol. The molecule has 1 aromatic heterocycles. The molecule has 5 heteroatoms. The number of likely N-dealkylation sites (N-methyl/N-ethyl adjacent to an activating group) is 1. The van der Waals surface area contributed by atoms with Gasteiger partial charge in [0.2, 0.25) is 0 Å². The lowest BCUT2D eigenvalue weighted by Crippen LogP contribution is -2.44. The molecule has 16 heavy (non-hydrogen) atoms. The van der Waals surface area contributed by atoms with Gasteiger partial charge in [0.15, 0.2) is 0 Å². The lowest BCUT2D eigenvalue weighted by molar-refractivity contribution is 0.333. The van der Waals surface area contributed by atoms with Crippen LogP contribution in [0.3, 0.4) is 0 Å². The number of aromatic nitrogens is 2. The first kappa shape index (κ1) is 13.2. The van der Waals surface area contributed by atoms with Gasteiger partial charge in [-0.3, -0.25) is 11.3 Å².